The van der Waals surface area contributed by atoms with Gasteiger partial charge in [-0.15, -0.1) is 6.58 Å². The summed E-state index contributed by atoms with van der Waals surface area (Å²) in [5.74, 6) is 0.256. The molecule has 0 aromatic heterocycles. The number of nitriles is 1. The molecule has 182 valence electrons. The zero-order valence-corrected chi connectivity index (χ0v) is 20.1. The molecule has 0 unspecified atom stereocenters. The summed E-state index contributed by atoms with van der Waals surface area (Å²) in [6.45, 7) is 3.93. The Hall–Kier alpha value is -4.61. The van der Waals surface area contributed by atoms with Crippen LogP contribution in [0.25, 0.3) is 6.08 Å². The molecule has 0 fully saturated rings. The highest BCUT2D eigenvalue weighted by Gasteiger charge is 2.16. The molecule has 0 aliphatic rings. The third-order valence-electron chi connectivity index (χ3n) is 5.07. The number of nitrogens with zero attached hydrogens (tertiary/aromatic N) is 2. The number of carbonyl (C=O) groups excluding carboxylic acids is 1. The summed E-state index contributed by atoms with van der Waals surface area (Å²) in [6, 6.07) is 18.1. The number of nitro benzene ring substituents is 1. The number of methoxy groups -OCH3 is 1. The average molecular weight is 504 g/mol. The number of hydrogen-bond donors (Lipinski definition) is 1. The fourth-order valence-corrected chi connectivity index (χ4v) is 3.51. The van der Waals surface area contributed by atoms with Crippen molar-refractivity contribution >= 4 is 35.0 Å². The molecule has 0 saturated carbocycles. The Morgan fingerprint density at radius 2 is 1.94 bits per heavy atom. The molecule has 1 amide bonds. The largest absolute Gasteiger partial charge is 0.493 e. The molecule has 0 saturated heterocycles. The lowest BCUT2D eigenvalue weighted by Gasteiger charge is -2.16. The van der Waals surface area contributed by atoms with Gasteiger partial charge >= 0.3 is 0 Å². The van der Waals surface area contributed by atoms with Crippen LogP contribution >= 0.6 is 11.6 Å². The number of anilines is 1. The first-order valence-corrected chi connectivity index (χ1v) is 11.1. The van der Waals surface area contributed by atoms with Crippen molar-refractivity contribution in [2.75, 3.05) is 12.4 Å². The SMILES string of the molecule is C=CCc1cc(/C=C(\C#N)C(=O)Nc2ccccc2Cl)cc(OC)c1OCc1ccc([N+](=O)[O-])cc1. The lowest BCUT2D eigenvalue weighted by molar-refractivity contribution is -0.384. The van der Waals surface area contributed by atoms with E-state index in [0.29, 0.717) is 34.2 Å². The van der Waals surface area contributed by atoms with Crippen LogP contribution < -0.4 is 14.8 Å². The molecule has 0 heterocycles. The number of carbonyl (C=O) groups is 1. The van der Waals surface area contributed by atoms with Gasteiger partial charge in [-0.1, -0.05) is 29.8 Å². The lowest BCUT2D eigenvalue weighted by Crippen LogP contribution is -2.13. The Balaban J connectivity index is 1.88. The molecular weight excluding hydrogens is 482 g/mol. The van der Waals surface area contributed by atoms with E-state index in [1.165, 1.54) is 25.3 Å². The van der Waals surface area contributed by atoms with Crippen LogP contribution in [0.15, 0.2) is 78.9 Å². The van der Waals surface area contributed by atoms with Crippen molar-refractivity contribution < 1.29 is 19.2 Å². The maximum atomic E-state index is 12.7. The molecule has 3 aromatic carbocycles. The molecule has 0 aliphatic heterocycles. The van der Waals surface area contributed by atoms with Gasteiger partial charge in [-0.3, -0.25) is 14.9 Å². The number of allylic oxidation sites excluding steroid dienone is 1. The Morgan fingerprint density at radius 1 is 1.22 bits per heavy atom. The van der Waals surface area contributed by atoms with Gasteiger partial charge in [0.05, 0.1) is 22.7 Å². The molecule has 3 aromatic rings. The first-order valence-electron chi connectivity index (χ1n) is 10.7. The highest BCUT2D eigenvalue weighted by Crippen LogP contribution is 2.35. The Labute approximate surface area is 213 Å². The van der Waals surface area contributed by atoms with Crippen LogP contribution in [0, 0.1) is 21.4 Å². The minimum Gasteiger partial charge on any atom is -0.493 e. The molecule has 9 heteroatoms. The van der Waals surface area contributed by atoms with Crippen molar-refractivity contribution in [3.05, 3.63) is 111 Å². The van der Waals surface area contributed by atoms with Gasteiger partial charge in [0, 0.05) is 17.7 Å². The van der Waals surface area contributed by atoms with Crippen LogP contribution in [0.2, 0.25) is 5.02 Å². The van der Waals surface area contributed by atoms with Crippen LogP contribution in [0.1, 0.15) is 16.7 Å². The number of benzene rings is 3. The summed E-state index contributed by atoms with van der Waals surface area (Å²) in [6.07, 6.45) is 3.57. The van der Waals surface area contributed by atoms with Crippen LogP contribution in [-0.2, 0) is 17.8 Å². The fraction of sp³-hybridized carbons (Fsp3) is 0.111. The number of nitrogens with one attached hydrogen (secondary N) is 1. The molecule has 1 N–H and O–H groups in total. The number of para-hydroxylation sites is 1. The van der Waals surface area contributed by atoms with Gasteiger partial charge in [-0.05, 0) is 60.0 Å². The molecule has 0 radical (unpaired) electrons. The van der Waals surface area contributed by atoms with Crippen molar-refractivity contribution in [3.8, 4) is 17.6 Å². The number of hydrogen-bond acceptors (Lipinski definition) is 6. The van der Waals surface area contributed by atoms with Crippen LogP contribution in [0.3, 0.4) is 0 Å². The molecular formula is C27H22ClN3O5. The van der Waals surface area contributed by atoms with Gasteiger partial charge < -0.3 is 14.8 Å². The van der Waals surface area contributed by atoms with Gasteiger partial charge in [0.25, 0.3) is 11.6 Å². The van der Waals surface area contributed by atoms with Gasteiger partial charge in [-0.2, -0.15) is 5.26 Å². The average Bonchev–Trinajstić information content (AvgIpc) is 2.88. The molecule has 0 spiro atoms. The zero-order chi connectivity index (χ0) is 26.1. The molecule has 0 aliphatic carbocycles. The van der Waals surface area contributed by atoms with Crippen LogP contribution in [0.4, 0.5) is 11.4 Å². The molecule has 8 nitrogen and oxygen atoms in total. The normalized spacial score (nSPS) is 10.8. The van der Waals surface area contributed by atoms with E-state index >= 15 is 0 Å². The Kier molecular flexibility index (Phi) is 8.81. The van der Waals surface area contributed by atoms with E-state index in [-0.39, 0.29) is 17.9 Å². The minimum absolute atomic E-state index is 0.00770. The van der Waals surface area contributed by atoms with E-state index in [1.807, 2.05) is 6.07 Å². The topological polar surface area (TPSA) is 114 Å². The van der Waals surface area contributed by atoms with Crippen molar-refractivity contribution in [3.63, 3.8) is 0 Å². The molecule has 3 rings (SSSR count). The molecule has 36 heavy (non-hydrogen) atoms. The fourth-order valence-electron chi connectivity index (χ4n) is 3.33. The van der Waals surface area contributed by atoms with Crippen molar-refractivity contribution in [2.45, 2.75) is 13.0 Å². The second-order valence-corrected chi connectivity index (χ2v) is 7.93. The number of nitro groups is 1. The predicted molar refractivity (Wildman–Crippen MR) is 138 cm³/mol. The summed E-state index contributed by atoms with van der Waals surface area (Å²) in [5, 5.41) is 23.4. The quantitative estimate of drug-likeness (QED) is 0.117. The van der Waals surface area contributed by atoms with Gasteiger partial charge in [-0.25, -0.2) is 0 Å². The summed E-state index contributed by atoms with van der Waals surface area (Å²) in [5.41, 5.74) is 2.27. The molecule has 0 atom stereocenters. The van der Waals surface area contributed by atoms with Crippen molar-refractivity contribution in [1.29, 1.82) is 5.26 Å². The number of halogens is 1. The Bertz CT molecular complexity index is 1360. The highest BCUT2D eigenvalue weighted by atomic mass is 35.5. The van der Waals surface area contributed by atoms with E-state index in [4.69, 9.17) is 21.1 Å². The van der Waals surface area contributed by atoms with Crippen molar-refractivity contribution in [1.82, 2.24) is 0 Å². The highest BCUT2D eigenvalue weighted by molar-refractivity contribution is 6.34. The van der Waals surface area contributed by atoms with Gasteiger partial charge in [0.2, 0.25) is 0 Å². The number of rotatable bonds is 10. The maximum Gasteiger partial charge on any atom is 0.269 e. The lowest BCUT2D eigenvalue weighted by atomic mass is 10.0. The third-order valence-corrected chi connectivity index (χ3v) is 5.40. The first-order chi connectivity index (χ1) is 17.4. The number of ether oxygens (including phenoxy) is 2. The maximum absolute atomic E-state index is 12.7. The summed E-state index contributed by atoms with van der Waals surface area (Å²) in [4.78, 5) is 23.1. The van der Waals surface area contributed by atoms with Crippen LogP contribution in [-0.4, -0.2) is 17.9 Å². The zero-order valence-electron chi connectivity index (χ0n) is 19.4. The summed E-state index contributed by atoms with van der Waals surface area (Å²) < 4.78 is 11.5. The van der Waals surface area contributed by atoms with Crippen LogP contribution in [0.5, 0.6) is 11.5 Å². The number of non-ortho nitro benzene ring substituents is 1. The van der Waals surface area contributed by atoms with Gasteiger partial charge in [0.15, 0.2) is 11.5 Å². The second kappa shape index (κ2) is 12.2. The molecule has 0 bridgehead atoms. The summed E-state index contributed by atoms with van der Waals surface area (Å²) >= 11 is 6.10. The monoisotopic (exact) mass is 503 g/mol. The van der Waals surface area contributed by atoms with E-state index in [1.54, 1.807) is 54.6 Å². The van der Waals surface area contributed by atoms with E-state index in [2.05, 4.69) is 11.9 Å². The second-order valence-electron chi connectivity index (χ2n) is 7.52. The van der Waals surface area contributed by atoms with Gasteiger partial charge in [0.1, 0.15) is 18.2 Å². The predicted octanol–water partition coefficient (Wildman–Crippen LogP) is 6.11. The van der Waals surface area contributed by atoms with E-state index < -0.39 is 10.8 Å². The number of amides is 1. The third kappa shape index (κ3) is 6.50. The minimum atomic E-state index is -0.603. The smallest absolute Gasteiger partial charge is 0.269 e. The summed E-state index contributed by atoms with van der Waals surface area (Å²) in [7, 11) is 1.48. The Morgan fingerprint density at radius 3 is 2.56 bits per heavy atom. The van der Waals surface area contributed by atoms with E-state index in [0.717, 1.165) is 11.1 Å². The standard InChI is InChI=1S/C27H22ClN3O5/c1-3-6-20-13-19(14-21(16-29)27(32)30-24-8-5-4-7-23(24)28)15-25(35-2)26(20)36-17-18-9-11-22(12-10-18)31(33)34/h3-5,7-15H,1,6,17H2,2H3,(H,30,32)/b21-14+. The van der Waals surface area contributed by atoms with Crippen molar-refractivity contribution in [2.24, 2.45) is 0 Å². The first kappa shape index (κ1) is 26.0. The van der Waals surface area contributed by atoms with E-state index in [9.17, 15) is 20.2 Å².